The van der Waals surface area contributed by atoms with Crippen molar-refractivity contribution in [2.24, 2.45) is 34.5 Å². The van der Waals surface area contributed by atoms with Crippen LogP contribution >= 0.6 is 0 Å². The summed E-state index contributed by atoms with van der Waals surface area (Å²) in [7, 11) is 0. The van der Waals surface area contributed by atoms with Crippen molar-refractivity contribution in [2.75, 3.05) is 0 Å². The molecule has 0 spiro atoms. The van der Waals surface area contributed by atoms with E-state index >= 15 is 0 Å². The molecule has 0 aromatic heterocycles. The van der Waals surface area contributed by atoms with Crippen LogP contribution in [0.5, 0.6) is 0 Å². The van der Waals surface area contributed by atoms with E-state index in [9.17, 15) is 9.90 Å². The lowest BCUT2D eigenvalue weighted by molar-refractivity contribution is -0.147. The smallest absolute Gasteiger partial charge is 0.159 e. The fourth-order valence-electron chi connectivity index (χ4n) is 8.13. The van der Waals surface area contributed by atoms with Gasteiger partial charge in [0.1, 0.15) is 0 Å². The summed E-state index contributed by atoms with van der Waals surface area (Å²) in [5.41, 5.74) is 1.98. The molecule has 0 aliphatic heterocycles. The van der Waals surface area contributed by atoms with Crippen molar-refractivity contribution in [1.29, 1.82) is 0 Å². The highest BCUT2D eigenvalue weighted by Gasteiger charge is 2.63. The van der Waals surface area contributed by atoms with Gasteiger partial charge in [-0.1, -0.05) is 44.2 Å². The van der Waals surface area contributed by atoms with Gasteiger partial charge >= 0.3 is 0 Å². The zero-order chi connectivity index (χ0) is 20.4. The van der Waals surface area contributed by atoms with Crippen LogP contribution in [-0.2, 0) is 4.79 Å². The third-order valence-corrected chi connectivity index (χ3v) is 10.1. The fourth-order valence-corrected chi connectivity index (χ4v) is 8.13. The van der Waals surface area contributed by atoms with Crippen LogP contribution in [0, 0.1) is 34.5 Å². The van der Waals surface area contributed by atoms with Crippen molar-refractivity contribution < 1.29 is 9.90 Å². The molecule has 4 fully saturated rings. The van der Waals surface area contributed by atoms with Gasteiger partial charge in [0.25, 0.3) is 0 Å². The average Bonchev–Trinajstić information content (AvgIpc) is 2.93. The second kappa shape index (κ2) is 6.54. The molecule has 29 heavy (non-hydrogen) atoms. The number of hydrogen-bond donors (Lipinski definition) is 1. The standard InChI is InChI=1S/C27H36O2/c1-25-17-19(15-18-7-5-4-6-8-18)24(28)16-20(25)9-10-21-22(25)11-13-26(2)23(21)12-14-27(26,3)29/h4-8,15,20-23,29H,9-14,16-17H2,1-3H3/t20-,21-,22+,23-,25-,26+,27-/m0/s1. The summed E-state index contributed by atoms with van der Waals surface area (Å²) < 4.78 is 0. The van der Waals surface area contributed by atoms with Crippen LogP contribution in [0.15, 0.2) is 35.9 Å². The molecule has 0 unspecified atom stereocenters. The highest BCUT2D eigenvalue weighted by Crippen LogP contribution is 2.68. The lowest BCUT2D eigenvalue weighted by Gasteiger charge is -2.61. The lowest BCUT2D eigenvalue weighted by atomic mass is 9.44. The Bertz CT molecular complexity index is 837. The number of rotatable bonds is 1. The Kier molecular flexibility index (Phi) is 4.41. The number of ketones is 1. The van der Waals surface area contributed by atoms with Gasteiger partial charge in [0, 0.05) is 6.42 Å². The third-order valence-electron chi connectivity index (χ3n) is 10.1. The van der Waals surface area contributed by atoms with Gasteiger partial charge in [0.05, 0.1) is 5.60 Å². The molecule has 4 aliphatic rings. The second-order valence-electron chi connectivity index (χ2n) is 11.3. The molecule has 2 nitrogen and oxygen atoms in total. The largest absolute Gasteiger partial charge is 0.390 e. The molecule has 1 N–H and O–H groups in total. The molecule has 0 radical (unpaired) electrons. The Morgan fingerprint density at radius 2 is 1.69 bits per heavy atom. The molecule has 4 saturated carbocycles. The molecule has 1 aromatic carbocycles. The Morgan fingerprint density at radius 1 is 0.966 bits per heavy atom. The van der Waals surface area contributed by atoms with Crippen LogP contribution in [0.3, 0.4) is 0 Å². The Hall–Kier alpha value is -1.41. The van der Waals surface area contributed by atoms with Crippen LogP contribution in [0.1, 0.15) is 77.7 Å². The van der Waals surface area contributed by atoms with Gasteiger partial charge < -0.3 is 5.11 Å². The monoisotopic (exact) mass is 392 g/mol. The average molecular weight is 393 g/mol. The summed E-state index contributed by atoms with van der Waals surface area (Å²) >= 11 is 0. The normalized spacial score (nSPS) is 48.1. The van der Waals surface area contributed by atoms with Crippen molar-refractivity contribution >= 4 is 11.9 Å². The predicted molar refractivity (Wildman–Crippen MR) is 117 cm³/mol. The van der Waals surface area contributed by atoms with E-state index in [0.717, 1.165) is 42.7 Å². The van der Waals surface area contributed by atoms with Crippen LogP contribution in [0.4, 0.5) is 0 Å². The van der Waals surface area contributed by atoms with Crippen molar-refractivity contribution in [3.8, 4) is 0 Å². The number of hydrogen-bond acceptors (Lipinski definition) is 2. The molecule has 7 atom stereocenters. The zero-order valence-electron chi connectivity index (χ0n) is 18.3. The number of fused-ring (bicyclic) bond motifs is 5. The lowest BCUT2D eigenvalue weighted by Crippen LogP contribution is -2.56. The van der Waals surface area contributed by atoms with Gasteiger partial charge in [0.15, 0.2) is 5.78 Å². The van der Waals surface area contributed by atoms with E-state index in [0.29, 0.717) is 23.5 Å². The maximum Gasteiger partial charge on any atom is 0.159 e. The number of carbonyl (C=O) groups is 1. The zero-order valence-corrected chi connectivity index (χ0v) is 18.3. The van der Waals surface area contributed by atoms with E-state index < -0.39 is 5.60 Å². The topological polar surface area (TPSA) is 37.3 Å². The summed E-state index contributed by atoms with van der Waals surface area (Å²) in [5, 5.41) is 11.1. The van der Waals surface area contributed by atoms with Gasteiger partial charge in [-0.25, -0.2) is 0 Å². The molecule has 5 rings (SSSR count). The summed E-state index contributed by atoms with van der Waals surface area (Å²) in [4.78, 5) is 13.0. The summed E-state index contributed by atoms with van der Waals surface area (Å²) in [6.07, 6.45) is 10.8. The van der Waals surface area contributed by atoms with Gasteiger partial charge in [-0.2, -0.15) is 0 Å². The molecular weight excluding hydrogens is 356 g/mol. The first kappa shape index (κ1) is 19.5. The number of benzene rings is 1. The Balaban J connectivity index is 1.46. The number of allylic oxidation sites excluding steroid dienone is 1. The van der Waals surface area contributed by atoms with Gasteiger partial charge in [-0.05, 0) is 104 Å². The number of carbonyl (C=O) groups excluding carboxylic acids is 1. The highest BCUT2D eigenvalue weighted by atomic mass is 16.3. The van der Waals surface area contributed by atoms with Crippen LogP contribution < -0.4 is 0 Å². The Labute approximate surface area is 175 Å². The fraction of sp³-hybridized carbons (Fsp3) is 0.667. The van der Waals surface area contributed by atoms with Crippen molar-refractivity contribution in [2.45, 2.75) is 77.7 Å². The molecule has 0 heterocycles. The number of aliphatic hydroxyl groups is 1. The molecule has 4 aliphatic carbocycles. The van der Waals surface area contributed by atoms with E-state index in [1.54, 1.807) is 0 Å². The van der Waals surface area contributed by atoms with E-state index in [4.69, 9.17) is 0 Å². The summed E-state index contributed by atoms with van der Waals surface area (Å²) in [5.74, 6) is 2.97. The highest BCUT2D eigenvalue weighted by molar-refractivity contribution is 6.00. The molecule has 156 valence electrons. The van der Waals surface area contributed by atoms with Crippen LogP contribution in [0.25, 0.3) is 6.08 Å². The minimum Gasteiger partial charge on any atom is -0.390 e. The van der Waals surface area contributed by atoms with E-state index in [2.05, 4.69) is 51.1 Å². The minimum absolute atomic E-state index is 0.0740. The Morgan fingerprint density at radius 3 is 2.45 bits per heavy atom. The van der Waals surface area contributed by atoms with Gasteiger partial charge in [0.2, 0.25) is 0 Å². The second-order valence-corrected chi connectivity index (χ2v) is 11.3. The van der Waals surface area contributed by atoms with Crippen molar-refractivity contribution in [3.63, 3.8) is 0 Å². The van der Waals surface area contributed by atoms with E-state index in [-0.39, 0.29) is 10.8 Å². The molecular formula is C27H36O2. The number of Topliss-reactive ketones (excluding diaryl/α,β-unsaturated/α-hetero) is 1. The summed E-state index contributed by atoms with van der Waals surface area (Å²) in [6.45, 7) is 6.94. The molecule has 1 aromatic rings. The van der Waals surface area contributed by atoms with Crippen LogP contribution in [0.2, 0.25) is 0 Å². The molecule has 0 amide bonds. The van der Waals surface area contributed by atoms with E-state index in [1.807, 2.05) is 6.07 Å². The molecule has 0 saturated heterocycles. The maximum atomic E-state index is 13.0. The maximum absolute atomic E-state index is 13.0. The van der Waals surface area contributed by atoms with E-state index in [1.165, 1.54) is 25.7 Å². The minimum atomic E-state index is -0.513. The third kappa shape index (κ3) is 2.81. The van der Waals surface area contributed by atoms with Gasteiger partial charge in [-0.3, -0.25) is 4.79 Å². The first-order valence-corrected chi connectivity index (χ1v) is 11.8. The molecule has 2 heteroatoms. The van der Waals surface area contributed by atoms with Crippen LogP contribution in [-0.4, -0.2) is 16.5 Å². The first-order valence-electron chi connectivity index (χ1n) is 11.8. The van der Waals surface area contributed by atoms with Crippen molar-refractivity contribution in [3.05, 3.63) is 41.5 Å². The molecule has 0 bridgehead atoms. The summed E-state index contributed by atoms with van der Waals surface area (Å²) in [6, 6.07) is 10.3. The first-order chi connectivity index (χ1) is 13.7. The van der Waals surface area contributed by atoms with Crippen molar-refractivity contribution in [1.82, 2.24) is 0 Å². The van der Waals surface area contributed by atoms with Gasteiger partial charge in [-0.15, -0.1) is 0 Å². The quantitative estimate of drug-likeness (QED) is 0.591. The SMILES string of the molecule is C[C@]12CC(=Cc3ccccc3)C(=O)C[C@@H]1CC[C@H]1[C@H]2CC[C@]2(C)[C@H]1CC[C@]2(C)O. The predicted octanol–water partition coefficient (Wildman–Crippen LogP) is 6.04.